The molecule has 148 valence electrons. The Morgan fingerprint density at radius 3 is 1.93 bits per heavy atom. The predicted octanol–water partition coefficient (Wildman–Crippen LogP) is 4.62. The van der Waals surface area contributed by atoms with Crippen molar-refractivity contribution in [2.75, 3.05) is 0 Å². The number of carbonyl (C=O) groups is 3. The third kappa shape index (κ3) is 6.89. The largest absolute Gasteiger partial charge is 0.426 e. The highest BCUT2D eigenvalue weighted by Gasteiger charge is 2.27. The van der Waals surface area contributed by atoms with E-state index in [1.807, 2.05) is 20.8 Å². The standard InChI is InChI=1S/C21H28O6/c1-12(2)9-8-10-13(3)19-18(25-15(5)22)11-14(4)20(26-16(6)23)21(19)27-17(7)24/h9,11,13H,8,10H2,1-7H3/t13-/m0/s1. The van der Waals surface area contributed by atoms with Crippen LogP contribution in [0.3, 0.4) is 0 Å². The van der Waals surface area contributed by atoms with Crippen LogP contribution >= 0.6 is 0 Å². The number of esters is 3. The van der Waals surface area contributed by atoms with Gasteiger partial charge in [-0.3, -0.25) is 14.4 Å². The molecule has 0 aliphatic carbocycles. The molecule has 1 atom stereocenters. The number of carbonyl (C=O) groups excluding carboxylic acids is 3. The highest BCUT2D eigenvalue weighted by Crippen LogP contribution is 2.46. The van der Waals surface area contributed by atoms with Gasteiger partial charge in [0.15, 0.2) is 11.5 Å². The fraction of sp³-hybridized carbons (Fsp3) is 0.476. The van der Waals surface area contributed by atoms with E-state index in [1.54, 1.807) is 13.0 Å². The van der Waals surface area contributed by atoms with E-state index in [-0.39, 0.29) is 17.4 Å². The molecule has 0 amide bonds. The molecule has 0 fully saturated rings. The Morgan fingerprint density at radius 2 is 1.44 bits per heavy atom. The van der Waals surface area contributed by atoms with Gasteiger partial charge in [-0.25, -0.2) is 0 Å². The first-order valence-electron chi connectivity index (χ1n) is 8.89. The van der Waals surface area contributed by atoms with Gasteiger partial charge in [-0.1, -0.05) is 18.6 Å². The second-order valence-corrected chi connectivity index (χ2v) is 6.80. The molecule has 6 nitrogen and oxygen atoms in total. The molecule has 0 bridgehead atoms. The van der Waals surface area contributed by atoms with E-state index in [0.29, 0.717) is 16.9 Å². The van der Waals surface area contributed by atoms with Crippen LogP contribution in [0, 0.1) is 6.92 Å². The fourth-order valence-corrected chi connectivity index (χ4v) is 2.74. The van der Waals surface area contributed by atoms with Gasteiger partial charge in [0.25, 0.3) is 0 Å². The lowest BCUT2D eigenvalue weighted by atomic mass is 9.92. The molecule has 0 spiro atoms. The van der Waals surface area contributed by atoms with Crippen molar-refractivity contribution in [2.45, 2.75) is 67.2 Å². The Morgan fingerprint density at radius 1 is 0.926 bits per heavy atom. The highest BCUT2D eigenvalue weighted by molar-refractivity contribution is 5.78. The molecule has 1 aromatic carbocycles. The van der Waals surface area contributed by atoms with Crippen LogP contribution in [0.15, 0.2) is 17.7 Å². The molecule has 0 aliphatic rings. The molecule has 1 aromatic rings. The normalized spacial score (nSPS) is 11.4. The average molecular weight is 376 g/mol. The van der Waals surface area contributed by atoms with Gasteiger partial charge in [-0.15, -0.1) is 0 Å². The highest BCUT2D eigenvalue weighted by atomic mass is 16.6. The zero-order chi connectivity index (χ0) is 20.7. The number of allylic oxidation sites excluding steroid dienone is 2. The minimum Gasteiger partial charge on any atom is -0.426 e. The summed E-state index contributed by atoms with van der Waals surface area (Å²) in [6.45, 7) is 11.5. The van der Waals surface area contributed by atoms with Gasteiger partial charge in [0, 0.05) is 26.3 Å². The van der Waals surface area contributed by atoms with Crippen LogP contribution < -0.4 is 14.2 Å². The number of benzene rings is 1. The van der Waals surface area contributed by atoms with Crippen molar-refractivity contribution in [3.63, 3.8) is 0 Å². The molecule has 0 aromatic heterocycles. The number of hydrogen-bond acceptors (Lipinski definition) is 6. The van der Waals surface area contributed by atoms with Crippen LogP contribution in [0.4, 0.5) is 0 Å². The SMILES string of the molecule is CC(=O)Oc1cc(C)c(OC(C)=O)c(OC(C)=O)c1[C@@H](C)CCC=C(C)C. The molecule has 0 unspecified atom stereocenters. The molecule has 0 saturated heterocycles. The minimum atomic E-state index is -0.555. The predicted molar refractivity (Wildman–Crippen MR) is 102 cm³/mol. The first kappa shape index (κ1) is 22.4. The molecule has 27 heavy (non-hydrogen) atoms. The van der Waals surface area contributed by atoms with Crippen molar-refractivity contribution in [2.24, 2.45) is 0 Å². The van der Waals surface area contributed by atoms with Crippen LogP contribution in [0.25, 0.3) is 0 Å². The van der Waals surface area contributed by atoms with E-state index >= 15 is 0 Å². The van der Waals surface area contributed by atoms with Gasteiger partial charge in [-0.2, -0.15) is 0 Å². The summed E-state index contributed by atoms with van der Waals surface area (Å²) in [6, 6.07) is 1.62. The van der Waals surface area contributed by atoms with E-state index < -0.39 is 17.9 Å². The summed E-state index contributed by atoms with van der Waals surface area (Å²) in [7, 11) is 0. The summed E-state index contributed by atoms with van der Waals surface area (Å²) in [4.78, 5) is 34.8. The summed E-state index contributed by atoms with van der Waals surface area (Å²) >= 11 is 0. The first-order valence-corrected chi connectivity index (χ1v) is 8.89. The number of rotatable bonds is 7. The maximum atomic E-state index is 11.7. The third-order valence-electron chi connectivity index (χ3n) is 3.81. The van der Waals surface area contributed by atoms with Gasteiger partial charge in [0.1, 0.15) is 5.75 Å². The van der Waals surface area contributed by atoms with Gasteiger partial charge in [-0.05, 0) is 51.2 Å². The Balaban J connectivity index is 3.58. The molecular weight excluding hydrogens is 348 g/mol. The van der Waals surface area contributed by atoms with E-state index in [9.17, 15) is 14.4 Å². The molecule has 0 radical (unpaired) electrons. The number of hydrogen-bond donors (Lipinski definition) is 0. The Bertz CT molecular complexity index is 756. The van der Waals surface area contributed by atoms with Gasteiger partial charge >= 0.3 is 17.9 Å². The summed E-state index contributed by atoms with van der Waals surface area (Å²) in [5.74, 6) is -1.09. The topological polar surface area (TPSA) is 78.9 Å². The zero-order valence-corrected chi connectivity index (χ0v) is 17.1. The minimum absolute atomic E-state index is 0.112. The molecular formula is C21H28O6. The first-order chi connectivity index (χ1) is 12.5. The van der Waals surface area contributed by atoms with Gasteiger partial charge in [0.2, 0.25) is 0 Å². The monoisotopic (exact) mass is 376 g/mol. The third-order valence-corrected chi connectivity index (χ3v) is 3.81. The summed E-state index contributed by atoms with van der Waals surface area (Å²) in [6.07, 6.45) is 3.64. The summed E-state index contributed by atoms with van der Waals surface area (Å²) in [5, 5.41) is 0. The van der Waals surface area contributed by atoms with Crippen molar-refractivity contribution in [1.82, 2.24) is 0 Å². The van der Waals surface area contributed by atoms with Gasteiger partial charge in [0.05, 0.1) is 0 Å². The molecule has 0 N–H and O–H groups in total. The molecule has 1 rings (SSSR count). The molecule has 6 heteroatoms. The van der Waals surface area contributed by atoms with E-state index in [1.165, 1.54) is 26.3 Å². The van der Waals surface area contributed by atoms with Crippen LogP contribution in [0.5, 0.6) is 17.2 Å². The quantitative estimate of drug-likeness (QED) is 0.392. The lowest BCUT2D eigenvalue weighted by Gasteiger charge is -2.22. The van der Waals surface area contributed by atoms with E-state index in [4.69, 9.17) is 14.2 Å². The Labute approximate surface area is 160 Å². The number of aryl methyl sites for hydroxylation is 1. The van der Waals surface area contributed by atoms with Crippen molar-refractivity contribution in [3.8, 4) is 17.2 Å². The molecule has 0 saturated carbocycles. The summed E-state index contributed by atoms with van der Waals surface area (Å²) in [5.41, 5.74) is 2.26. The zero-order valence-electron chi connectivity index (χ0n) is 17.1. The smallest absolute Gasteiger partial charge is 0.308 e. The van der Waals surface area contributed by atoms with Crippen molar-refractivity contribution in [1.29, 1.82) is 0 Å². The van der Waals surface area contributed by atoms with E-state index in [0.717, 1.165) is 12.8 Å². The second kappa shape index (κ2) is 9.90. The number of ether oxygens (including phenoxy) is 3. The molecule has 0 aliphatic heterocycles. The fourth-order valence-electron chi connectivity index (χ4n) is 2.74. The maximum absolute atomic E-state index is 11.7. The van der Waals surface area contributed by atoms with Crippen molar-refractivity contribution in [3.05, 3.63) is 28.8 Å². The van der Waals surface area contributed by atoms with Crippen LogP contribution in [-0.4, -0.2) is 17.9 Å². The van der Waals surface area contributed by atoms with Crippen LogP contribution in [-0.2, 0) is 14.4 Å². The lowest BCUT2D eigenvalue weighted by molar-refractivity contribution is -0.134. The van der Waals surface area contributed by atoms with Crippen LogP contribution in [0.1, 0.15) is 71.4 Å². The maximum Gasteiger partial charge on any atom is 0.308 e. The lowest BCUT2D eigenvalue weighted by Crippen LogP contribution is -2.14. The van der Waals surface area contributed by atoms with Gasteiger partial charge < -0.3 is 14.2 Å². The summed E-state index contributed by atoms with van der Waals surface area (Å²) < 4.78 is 16.1. The van der Waals surface area contributed by atoms with Crippen LogP contribution in [0.2, 0.25) is 0 Å². The second-order valence-electron chi connectivity index (χ2n) is 6.80. The van der Waals surface area contributed by atoms with E-state index in [2.05, 4.69) is 6.08 Å². The molecule has 0 heterocycles. The average Bonchev–Trinajstić information content (AvgIpc) is 2.49. The Hall–Kier alpha value is -2.63. The Kier molecular flexibility index (Phi) is 8.22. The van der Waals surface area contributed by atoms with Crippen molar-refractivity contribution < 1.29 is 28.6 Å². The van der Waals surface area contributed by atoms with Crippen molar-refractivity contribution >= 4 is 17.9 Å².